The Morgan fingerprint density at radius 3 is 2.78 bits per heavy atom. The monoisotopic (exact) mass is 486 g/mol. The third kappa shape index (κ3) is 4.98. The Hall–Kier alpha value is -4.08. The van der Waals surface area contributed by atoms with E-state index in [-0.39, 0.29) is 23.2 Å². The van der Waals surface area contributed by atoms with Crippen LogP contribution in [0.25, 0.3) is 11.3 Å². The van der Waals surface area contributed by atoms with Crippen molar-refractivity contribution in [3.8, 4) is 11.3 Å². The molecule has 5 rings (SSSR count). The topological polar surface area (TPSA) is 135 Å². The van der Waals surface area contributed by atoms with E-state index < -0.39 is 0 Å². The molecule has 1 aliphatic carbocycles. The van der Waals surface area contributed by atoms with Gasteiger partial charge < -0.3 is 15.2 Å². The normalized spacial score (nSPS) is 15.7. The molecule has 3 N–H and O–H groups in total. The summed E-state index contributed by atoms with van der Waals surface area (Å²) in [6.07, 6.45) is 7.38. The summed E-state index contributed by atoms with van der Waals surface area (Å²) in [5.41, 5.74) is 5.51. The quantitative estimate of drug-likeness (QED) is 0.343. The highest BCUT2D eigenvalue weighted by Gasteiger charge is 2.27. The van der Waals surface area contributed by atoms with Crippen molar-refractivity contribution in [1.29, 1.82) is 0 Å². The molecule has 0 saturated heterocycles. The number of aromatic amines is 1. The van der Waals surface area contributed by atoms with Crippen molar-refractivity contribution in [3.63, 3.8) is 0 Å². The Kier molecular flexibility index (Phi) is 6.26. The predicted molar refractivity (Wildman–Crippen MR) is 135 cm³/mol. The van der Waals surface area contributed by atoms with Crippen molar-refractivity contribution < 1.29 is 9.32 Å². The Morgan fingerprint density at radius 1 is 1.17 bits per heavy atom. The number of benzene rings is 1. The van der Waals surface area contributed by atoms with E-state index in [1.165, 1.54) is 5.56 Å². The zero-order chi connectivity index (χ0) is 25.3. The Morgan fingerprint density at radius 2 is 2.03 bits per heavy atom. The second-order valence-electron chi connectivity index (χ2n) is 10.1. The van der Waals surface area contributed by atoms with Gasteiger partial charge in [0.25, 0.3) is 11.7 Å². The number of carbonyl (C=O) groups excluding carboxylic acids is 1. The maximum Gasteiger partial charge on any atom is 0.293 e. The average molecular weight is 487 g/mol. The number of carbonyl (C=O) groups is 1. The fourth-order valence-corrected chi connectivity index (χ4v) is 4.32. The summed E-state index contributed by atoms with van der Waals surface area (Å²) in [6.45, 7) is 7.82. The van der Waals surface area contributed by atoms with Gasteiger partial charge in [-0.15, -0.1) is 0 Å². The lowest BCUT2D eigenvalue weighted by Crippen LogP contribution is -2.29. The highest BCUT2D eigenvalue weighted by molar-refractivity contribution is 5.90. The molecule has 3 aromatic heterocycles. The molecule has 1 aromatic carbocycles. The molecule has 4 aromatic rings. The molecular formula is C26H30N8O2. The van der Waals surface area contributed by atoms with Crippen molar-refractivity contribution in [2.45, 2.75) is 64.8 Å². The number of aromatic nitrogens is 6. The lowest BCUT2D eigenvalue weighted by molar-refractivity contribution is 0.0921. The fourth-order valence-electron chi connectivity index (χ4n) is 4.32. The molecule has 0 radical (unpaired) electrons. The van der Waals surface area contributed by atoms with Crippen molar-refractivity contribution in [1.82, 2.24) is 35.6 Å². The molecule has 0 aliphatic heterocycles. The van der Waals surface area contributed by atoms with Gasteiger partial charge in [0.1, 0.15) is 0 Å². The maximum atomic E-state index is 12.9. The first-order valence-corrected chi connectivity index (χ1v) is 12.2. The van der Waals surface area contributed by atoms with E-state index in [9.17, 15) is 4.79 Å². The van der Waals surface area contributed by atoms with Crippen molar-refractivity contribution in [3.05, 3.63) is 65.2 Å². The smallest absolute Gasteiger partial charge is 0.293 e. The van der Waals surface area contributed by atoms with E-state index in [0.29, 0.717) is 11.8 Å². The molecule has 0 saturated carbocycles. The van der Waals surface area contributed by atoms with Crippen LogP contribution in [-0.4, -0.2) is 36.2 Å². The lowest BCUT2D eigenvalue weighted by atomic mass is 9.95. The Balaban J connectivity index is 1.37. The van der Waals surface area contributed by atoms with E-state index in [1.807, 2.05) is 39.8 Å². The van der Waals surface area contributed by atoms with Crippen LogP contribution in [0.3, 0.4) is 0 Å². The molecule has 0 spiro atoms. The summed E-state index contributed by atoms with van der Waals surface area (Å²) in [5, 5.41) is 17.2. The number of rotatable bonds is 5. The SMILES string of the molecule is Cc1n[nH]cc1Nc1nccc(-c2ccc3c(c2)CCCC[C@@H]3NC(=O)c2noc(C(C)(C)C)n2)n1. The van der Waals surface area contributed by atoms with Crippen molar-refractivity contribution in [2.75, 3.05) is 5.32 Å². The summed E-state index contributed by atoms with van der Waals surface area (Å²) in [5.74, 6) is 0.695. The van der Waals surface area contributed by atoms with Gasteiger partial charge in [-0.1, -0.05) is 44.5 Å². The first-order valence-electron chi connectivity index (χ1n) is 12.2. The number of hydrogen-bond donors (Lipinski definition) is 3. The van der Waals surface area contributed by atoms with E-state index in [2.05, 4.69) is 48.1 Å². The molecule has 36 heavy (non-hydrogen) atoms. The summed E-state index contributed by atoms with van der Waals surface area (Å²) < 4.78 is 5.30. The zero-order valence-electron chi connectivity index (χ0n) is 20.9. The minimum Gasteiger partial charge on any atom is -0.342 e. The number of hydrogen-bond acceptors (Lipinski definition) is 8. The van der Waals surface area contributed by atoms with Crippen LogP contribution in [0, 0.1) is 6.92 Å². The summed E-state index contributed by atoms with van der Waals surface area (Å²) in [7, 11) is 0. The van der Waals surface area contributed by atoms with Crippen LogP contribution >= 0.6 is 0 Å². The number of H-pyrrole nitrogens is 1. The van der Waals surface area contributed by atoms with Crippen LogP contribution < -0.4 is 10.6 Å². The molecule has 10 nitrogen and oxygen atoms in total. The van der Waals surface area contributed by atoms with Gasteiger partial charge in [0.2, 0.25) is 11.8 Å². The van der Waals surface area contributed by atoms with Crippen molar-refractivity contribution >= 4 is 17.5 Å². The number of aryl methyl sites for hydroxylation is 2. The Bertz CT molecular complexity index is 1380. The van der Waals surface area contributed by atoms with Gasteiger partial charge in [-0.2, -0.15) is 10.1 Å². The summed E-state index contributed by atoms with van der Waals surface area (Å²) in [6, 6.07) is 8.08. The molecule has 3 heterocycles. The van der Waals surface area contributed by atoms with E-state index in [1.54, 1.807) is 12.4 Å². The number of nitrogens with zero attached hydrogens (tertiary/aromatic N) is 5. The first-order chi connectivity index (χ1) is 17.3. The third-order valence-electron chi connectivity index (χ3n) is 6.31. The van der Waals surface area contributed by atoms with Crippen LogP contribution in [0.5, 0.6) is 0 Å². The van der Waals surface area contributed by atoms with Gasteiger partial charge in [-0.05, 0) is 49.4 Å². The molecular weight excluding hydrogens is 456 g/mol. The second kappa shape index (κ2) is 9.52. The third-order valence-corrected chi connectivity index (χ3v) is 6.31. The number of amides is 1. The highest BCUT2D eigenvalue weighted by atomic mass is 16.5. The maximum absolute atomic E-state index is 12.9. The van der Waals surface area contributed by atoms with Gasteiger partial charge >= 0.3 is 0 Å². The van der Waals surface area contributed by atoms with Gasteiger partial charge in [0.05, 0.1) is 23.1 Å². The van der Waals surface area contributed by atoms with Gasteiger partial charge in [0.15, 0.2) is 0 Å². The van der Waals surface area contributed by atoms with Crippen LogP contribution in [0.4, 0.5) is 11.6 Å². The van der Waals surface area contributed by atoms with E-state index in [4.69, 9.17) is 9.51 Å². The number of nitrogens with one attached hydrogen (secondary N) is 3. The molecule has 1 aliphatic rings. The fraction of sp³-hybridized carbons (Fsp3) is 0.385. The lowest BCUT2D eigenvalue weighted by Gasteiger charge is -2.19. The number of fused-ring (bicyclic) bond motifs is 1. The van der Waals surface area contributed by atoms with Gasteiger partial charge in [-0.3, -0.25) is 9.89 Å². The van der Waals surface area contributed by atoms with Crippen LogP contribution in [-0.2, 0) is 11.8 Å². The van der Waals surface area contributed by atoms with E-state index >= 15 is 0 Å². The standard InChI is InChI=1S/C26H30N8O2/c1-15-21(14-28-33-15)31-25-27-12-11-19(30-25)17-9-10-18-16(13-17)7-5-6-8-20(18)29-23(35)22-32-24(36-34-22)26(2,3)4/h9-14,20H,5-8H2,1-4H3,(H,28,33)(H,29,35)(H,27,30,31)/t20-/m0/s1. The highest BCUT2D eigenvalue weighted by Crippen LogP contribution is 2.32. The molecule has 0 bridgehead atoms. The van der Waals surface area contributed by atoms with Crippen LogP contribution in [0.1, 0.15) is 79.4 Å². The minimum atomic E-state index is -0.322. The molecule has 0 unspecified atom stereocenters. The molecule has 1 atom stereocenters. The van der Waals surface area contributed by atoms with E-state index in [0.717, 1.165) is 53.9 Å². The minimum absolute atomic E-state index is 0.0659. The zero-order valence-corrected chi connectivity index (χ0v) is 20.9. The van der Waals surface area contributed by atoms with Gasteiger partial charge in [-0.25, -0.2) is 9.97 Å². The van der Waals surface area contributed by atoms with Crippen LogP contribution in [0.15, 0.2) is 41.2 Å². The molecule has 1 amide bonds. The van der Waals surface area contributed by atoms with Crippen molar-refractivity contribution in [2.24, 2.45) is 0 Å². The first kappa shape index (κ1) is 23.7. The second-order valence-corrected chi connectivity index (χ2v) is 10.1. The largest absolute Gasteiger partial charge is 0.342 e. The molecule has 0 fully saturated rings. The predicted octanol–water partition coefficient (Wildman–Crippen LogP) is 4.80. The molecule has 10 heteroatoms. The molecule has 186 valence electrons. The number of anilines is 2. The van der Waals surface area contributed by atoms with Crippen LogP contribution in [0.2, 0.25) is 0 Å². The Labute approximate surface area is 209 Å². The van der Waals surface area contributed by atoms with Gasteiger partial charge in [0, 0.05) is 23.4 Å². The summed E-state index contributed by atoms with van der Waals surface area (Å²) in [4.78, 5) is 26.3. The summed E-state index contributed by atoms with van der Waals surface area (Å²) >= 11 is 0. The average Bonchev–Trinajstić information content (AvgIpc) is 3.46.